The fourth-order valence-corrected chi connectivity index (χ4v) is 5.99. The van der Waals surface area contributed by atoms with E-state index in [9.17, 15) is 4.79 Å². The van der Waals surface area contributed by atoms with Crippen molar-refractivity contribution in [3.63, 3.8) is 0 Å². The smallest absolute Gasteiger partial charge is 0.314 e. The maximum atomic E-state index is 12.8. The van der Waals surface area contributed by atoms with Gasteiger partial charge in [-0.15, -0.1) is 0 Å². The van der Waals surface area contributed by atoms with Gasteiger partial charge in [0, 0.05) is 16.5 Å². The fraction of sp³-hybridized carbons (Fsp3) is 0.185. The highest BCUT2D eigenvalue weighted by Gasteiger charge is 2.58. The minimum absolute atomic E-state index is 0.124. The van der Waals surface area contributed by atoms with Gasteiger partial charge in [-0.3, -0.25) is 10.1 Å². The Kier molecular flexibility index (Phi) is 5.69. The molecule has 1 amide bonds. The molecule has 3 aromatic carbocycles. The lowest BCUT2D eigenvalue weighted by Crippen LogP contribution is -2.61. The van der Waals surface area contributed by atoms with Crippen molar-refractivity contribution >= 4 is 44.7 Å². The molecule has 36 heavy (non-hydrogen) atoms. The largest absolute Gasteiger partial charge is 0.497 e. The van der Waals surface area contributed by atoms with E-state index in [0.717, 1.165) is 55.0 Å². The van der Waals surface area contributed by atoms with Gasteiger partial charge in [0.25, 0.3) is 5.24 Å². The number of thioether (sulfide) groups is 1. The molecule has 1 spiro atoms. The predicted octanol–water partition coefficient (Wildman–Crippen LogP) is 6.16. The van der Waals surface area contributed by atoms with Crippen LogP contribution in [0.1, 0.15) is 29.2 Å². The molecule has 0 aliphatic carbocycles. The second kappa shape index (κ2) is 8.90. The number of benzene rings is 3. The van der Waals surface area contributed by atoms with E-state index in [-0.39, 0.29) is 11.3 Å². The van der Waals surface area contributed by atoms with Gasteiger partial charge in [-0.1, -0.05) is 28.1 Å². The van der Waals surface area contributed by atoms with Gasteiger partial charge in [0.05, 0.1) is 30.9 Å². The van der Waals surface area contributed by atoms with Crippen LogP contribution in [0.5, 0.6) is 17.2 Å². The van der Waals surface area contributed by atoms with Crippen LogP contribution in [0, 0.1) is 0 Å². The number of hydrogen-bond acceptors (Lipinski definition) is 7. The minimum atomic E-state index is -1.25. The van der Waals surface area contributed by atoms with Crippen LogP contribution >= 0.6 is 27.7 Å². The number of nitrogens with one attached hydrogen (secondary N) is 1. The number of amides is 1. The Labute approximate surface area is 221 Å². The second-order valence-electron chi connectivity index (χ2n) is 8.56. The first kappa shape index (κ1) is 23.0. The van der Waals surface area contributed by atoms with Crippen molar-refractivity contribution in [3.05, 3.63) is 92.8 Å². The van der Waals surface area contributed by atoms with Gasteiger partial charge in [0.2, 0.25) is 0 Å². The summed E-state index contributed by atoms with van der Waals surface area (Å²) in [6, 6.07) is 21.3. The van der Waals surface area contributed by atoms with Gasteiger partial charge in [-0.05, 0) is 83.6 Å². The Bertz CT molecular complexity index is 1410. The molecule has 1 N–H and O–H groups in total. The molecule has 3 aliphatic heterocycles. The SMILES string of the molecule is COc1ccc(/C=C2\SC(=O)N[C@]23Oc2ccc(Br)cc2[C@H]2CC(c4ccc(OC)cc4)=NN23)cc1. The molecular formula is C27H22BrN3O4S. The Balaban J connectivity index is 1.47. The average Bonchev–Trinajstić information content (AvgIpc) is 3.48. The highest BCUT2D eigenvalue weighted by molar-refractivity contribution is 9.10. The molecule has 0 saturated carbocycles. The first-order chi connectivity index (χ1) is 17.5. The topological polar surface area (TPSA) is 72.4 Å². The zero-order valence-electron chi connectivity index (χ0n) is 19.5. The van der Waals surface area contributed by atoms with E-state index in [1.54, 1.807) is 14.2 Å². The van der Waals surface area contributed by atoms with Crippen molar-refractivity contribution in [3.8, 4) is 17.2 Å². The molecule has 182 valence electrons. The molecule has 0 radical (unpaired) electrons. The highest BCUT2D eigenvalue weighted by Crippen LogP contribution is 2.53. The molecule has 2 atom stereocenters. The van der Waals surface area contributed by atoms with Gasteiger partial charge < -0.3 is 14.2 Å². The minimum Gasteiger partial charge on any atom is -0.497 e. The summed E-state index contributed by atoms with van der Waals surface area (Å²) < 4.78 is 18.2. The van der Waals surface area contributed by atoms with Crippen molar-refractivity contribution in [1.82, 2.24) is 10.3 Å². The van der Waals surface area contributed by atoms with Crippen molar-refractivity contribution in [2.24, 2.45) is 5.10 Å². The second-order valence-corrected chi connectivity index (χ2v) is 10.5. The predicted molar refractivity (Wildman–Crippen MR) is 143 cm³/mol. The molecule has 9 heteroatoms. The lowest BCUT2D eigenvalue weighted by molar-refractivity contribution is -0.0949. The highest BCUT2D eigenvalue weighted by atomic mass is 79.9. The number of hydrogen-bond donors (Lipinski definition) is 1. The number of hydrazone groups is 1. The summed E-state index contributed by atoms with van der Waals surface area (Å²) >= 11 is 4.72. The van der Waals surface area contributed by atoms with Crippen LogP contribution in [-0.2, 0) is 0 Å². The van der Waals surface area contributed by atoms with Crippen molar-refractivity contribution in [2.75, 3.05) is 14.2 Å². The third kappa shape index (κ3) is 3.83. The summed E-state index contributed by atoms with van der Waals surface area (Å²) in [5.41, 5.74) is 3.84. The van der Waals surface area contributed by atoms with Gasteiger partial charge >= 0.3 is 5.85 Å². The Morgan fingerprint density at radius 2 is 1.78 bits per heavy atom. The molecule has 3 aromatic rings. The number of methoxy groups -OCH3 is 2. The van der Waals surface area contributed by atoms with E-state index in [2.05, 4.69) is 27.3 Å². The van der Waals surface area contributed by atoms with Crippen molar-refractivity contribution in [1.29, 1.82) is 0 Å². The summed E-state index contributed by atoms with van der Waals surface area (Å²) in [5, 5.41) is 9.81. The molecule has 3 aliphatic rings. The maximum absolute atomic E-state index is 12.8. The quantitative estimate of drug-likeness (QED) is 0.409. The zero-order chi connectivity index (χ0) is 24.9. The standard InChI is InChI=1S/C27H22BrN3O4S/c1-33-19-8-3-16(4-9-19)13-25-27(29-26(32)36-25)31-23(21-14-18(28)7-12-24(21)35-27)15-22(30-31)17-5-10-20(34-2)11-6-17/h3-14,23H,15H2,1-2H3,(H,29,32)/b25-13-/t23-,27-/m1/s1. The number of rotatable bonds is 4. The van der Waals surface area contributed by atoms with E-state index in [4.69, 9.17) is 19.3 Å². The fourth-order valence-electron chi connectivity index (χ4n) is 4.70. The molecule has 0 unspecified atom stereocenters. The summed E-state index contributed by atoms with van der Waals surface area (Å²) in [6.45, 7) is 0. The first-order valence-electron chi connectivity index (χ1n) is 11.3. The molecule has 7 nitrogen and oxygen atoms in total. The van der Waals surface area contributed by atoms with Crippen LogP contribution in [0.3, 0.4) is 0 Å². The third-order valence-electron chi connectivity index (χ3n) is 6.47. The van der Waals surface area contributed by atoms with E-state index in [1.807, 2.05) is 71.7 Å². The molecule has 0 aromatic heterocycles. The monoisotopic (exact) mass is 563 g/mol. The lowest BCUT2D eigenvalue weighted by atomic mass is 9.95. The van der Waals surface area contributed by atoms with E-state index in [1.165, 1.54) is 0 Å². The van der Waals surface area contributed by atoms with Crippen molar-refractivity contribution < 1.29 is 19.0 Å². The summed E-state index contributed by atoms with van der Waals surface area (Å²) in [6.07, 6.45) is 2.63. The lowest BCUT2D eigenvalue weighted by Gasteiger charge is -2.45. The Morgan fingerprint density at radius 3 is 2.47 bits per heavy atom. The van der Waals surface area contributed by atoms with Crippen LogP contribution in [-0.4, -0.2) is 36.0 Å². The summed E-state index contributed by atoms with van der Waals surface area (Å²) in [5.74, 6) is 1.02. The first-order valence-corrected chi connectivity index (χ1v) is 13.0. The number of halogens is 1. The molecular weight excluding hydrogens is 542 g/mol. The number of carbonyl (C=O) groups is 1. The summed E-state index contributed by atoms with van der Waals surface area (Å²) in [4.78, 5) is 13.5. The van der Waals surface area contributed by atoms with E-state index >= 15 is 0 Å². The number of carbonyl (C=O) groups excluding carboxylic acids is 1. The molecule has 1 saturated heterocycles. The Hall–Kier alpha value is -3.43. The maximum Gasteiger partial charge on any atom is 0.314 e. The van der Waals surface area contributed by atoms with Crippen LogP contribution in [0.25, 0.3) is 6.08 Å². The average molecular weight is 564 g/mol. The molecule has 1 fully saturated rings. The number of ether oxygens (including phenoxy) is 3. The number of nitrogens with zero attached hydrogens (tertiary/aromatic N) is 2. The van der Waals surface area contributed by atoms with Gasteiger partial charge in [-0.2, -0.15) is 5.10 Å². The Morgan fingerprint density at radius 1 is 1.08 bits per heavy atom. The van der Waals surface area contributed by atoms with Crippen molar-refractivity contribution in [2.45, 2.75) is 18.3 Å². The van der Waals surface area contributed by atoms with Crippen LogP contribution < -0.4 is 19.5 Å². The summed E-state index contributed by atoms with van der Waals surface area (Å²) in [7, 11) is 3.28. The van der Waals surface area contributed by atoms with Gasteiger partial charge in [0.1, 0.15) is 17.2 Å². The third-order valence-corrected chi connectivity index (χ3v) is 7.86. The van der Waals surface area contributed by atoms with Crippen LogP contribution in [0.2, 0.25) is 0 Å². The van der Waals surface area contributed by atoms with Gasteiger partial charge in [-0.25, -0.2) is 5.01 Å². The zero-order valence-corrected chi connectivity index (χ0v) is 21.9. The van der Waals surface area contributed by atoms with E-state index < -0.39 is 5.85 Å². The molecule has 6 rings (SSSR count). The molecule has 0 bridgehead atoms. The van der Waals surface area contributed by atoms with Crippen LogP contribution in [0.4, 0.5) is 4.79 Å². The van der Waals surface area contributed by atoms with E-state index in [0.29, 0.717) is 12.2 Å². The molecule has 3 heterocycles. The van der Waals surface area contributed by atoms with Crippen LogP contribution in [0.15, 0.2) is 81.2 Å². The van der Waals surface area contributed by atoms with Gasteiger partial charge in [0.15, 0.2) is 0 Å². The number of fused-ring (bicyclic) bond motifs is 4. The normalized spacial score (nSPS) is 23.1.